The van der Waals surface area contributed by atoms with Crippen LogP contribution in [0.2, 0.25) is 5.02 Å². The summed E-state index contributed by atoms with van der Waals surface area (Å²) in [6, 6.07) is 3.59. The Kier molecular flexibility index (Phi) is 7.28. The summed E-state index contributed by atoms with van der Waals surface area (Å²) in [7, 11) is 0.290. The Labute approximate surface area is 131 Å². The Bertz CT molecular complexity index is 560. The van der Waals surface area contributed by atoms with Crippen LogP contribution in [0.25, 0.3) is 0 Å². The van der Waals surface area contributed by atoms with Gasteiger partial charge in [-0.1, -0.05) is 18.5 Å². The van der Waals surface area contributed by atoms with Crippen LogP contribution in [0.15, 0.2) is 12.1 Å². The van der Waals surface area contributed by atoms with Crippen molar-refractivity contribution in [2.75, 3.05) is 32.3 Å². The normalized spacial score (nSPS) is 11.4. The fourth-order valence-electron chi connectivity index (χ4n) is 1.90. The molecule has 0 aromatic heterocycles. The summed E-state index contributed by atoms with van der Waals surface area (Å²) in [4.78, 5) is 0. The Morgan fingerprint density at radius 2 is 2.00 bits per heavy atom. The number of hydrogen-bond donors (Lipinski definition) is 1. The zero-order valence-corrected chi connectivity index (χ0v) is 14.2. The first kappa shape index (κ1) is 18.1. The SMILES string of the molecule is CCCS(=O)(=O)CCOc1c(Cl)cc(CNC)cc1OC. The number of nitrogens with one attached hydrogen (secondary N) is 1. The monoisotopic (exact) mass is 335 g/mol. The highest BCUT2D eigenvalue weighted by Crippen LogP contribution is 2.36. The van der Waals surface area contributed by atoms with Crippen molar-refractivity contribution in [2.24, 2.45) is 0 Å². The van der Waals surface area contributed by atoms with Crippen molar-refractivity contribution < 1.29 is 17.9 Å². The van der Waals surface area contributed by atoms with Gasteiger partial charge >= 0.3 is 0 Å². The van der Waals surface area contributed by atoms with Crippen LogP contribution in [0.5, 0.6) is 11.5 Å². The van der Waals surface area contributed by atoms with Gasteiger partial charge in [0.1, 0.15) is 6.61 Å². The topological polar surface area (TPSA) is 64.6 Å². The Morgan fingerprint density at radius 1 is 1.29 bits per heavy atom. The van der Waals surface area contributed by atoms with E-state index in [0.29, 0.717) is 29.5 Å². The summed E-state index contributed by atoms with van der Waals surface area (Å²) < 4.78 is 34.1. The zero-order chi connectivity index (χ0) is 15.9. The van der Waals surface area contributed by atoms with E-state index >= 15 is 0 Å². The van der Waals surface area contributed by atoms with Crippen LogP contribution in [0, 0.1) is 0 Å². The van der Waals surface area contributed by atoms with Gasteiger partial charge in [0, 0.05) is 6.54 Å². The maximum absolute atomic E-state index is 11.6. The lowest BCUT2D eigenvalue weighted by Crippen LogP contribution is -2.17. The summed E-state index contributed by atoms with van der Waals surface area (Å²) in [5, 5.41) is 3.43. The summed E-state index contributed by atoms with van der Waals surface area (Å²) in [6.45, 7) is 2.55. The number of benzene rings is 1. The van der Waals surface area contributed by atoms with Crippen LogP contribution in [0.3, 0.4) is 0 Å². The van der Waals surface area contributed by atoms with Crippen molar-refractivity contribution in [1.82, 2.24) is 5.32 Å². The minimum atomic E-state index is -3.07. The molecule has 0 amide bonds. The minimum Gasteiger partial charge on any atom is -0.493 e. The third-order valence-corrected chi connectivity index (χ3v) is 4.93. The summed E-state index contributed by atoms with van der Waals surface area (Å²) in [5.41, 5.74) is 0.963. The van der Waals surface area contributed by atoms with Crippen LogP contribution >= 0.6 is 11.6 Å². The van der Waals surface area contributed by atoms with E-state index in [1.165, 1.54) is 7.11 Å². The molecule has 0 saturated heterocycles. The van der Waals surface area contributed by atoms with Gasteiger partial charge in [0.25, 0.3) is 0 Å². The van der Waals surface area contributed by atoms with Gasteiger partial charge < -0.3 is 14.8 Å². The molecule has 0 aliphatic carbocycles. The van der Waals surface area contributed by atoms with Crippen molar-refractivity contribution >= 4 is 21.4 Å². The average Bonchev–Trinajstić information content (AvgIpc) is 2.40. The molecule has 1 N–H and O–H groups in total. The molecule has 0 fully saturated rings. The zero-order valence-electron chi connectivity index (χ0n) is 12.6. The first-order valence-corrected chi connectivity index (χ1v) is 8.97. The standard InChI is InChI=1S/C14H22ClNO4S/c1-4-6-21(17,18)7-5-20-14-12(15)8-11(10-16-2)9-13(14)19-3/h8-9,16H,4-7,10H2,1-3H3. The number of hydrogen-bond acceptors (Lipinski definition) is 5. The van der Waals surface area contributed by atoms with Crippen LogP contribution in [-0.4, -0.2) is 40.7 Å². The molecular weight excluding hydrogens is 314 g/mol. The van der Waals surface area contributed by atoms with Gasteiger partial charge in [-0.2, -0.15) is 0 Å². The lowest BCUT2D eigenvalue weighted by molar-refractivity contribution is 0.311. The molecular formula is C14H22ClNO4S. The van der Waals surface area contributed by atoms with E-state index in [9.17, 15) is 8.42 Å². The molecule has 0 radical (unpaired) electrons. The lowest BCUT2D eigenvalue weighted by Gasteiger charge is -2.14. The Balaban J connectivity index is 2.79. The van der Waals surface area contributed by atoms with Gasteiger partial charge in [0.05, 0.1) is 23.6 Å². The highest BCUT2D eigenvalue weighted by molar-refractivity contribution is 7.91. The maximum atomic E-state index is 11.6. The first-order valence-electron chi connectivity index (χ1n) is 6.77. The van der Waals surface area contributed by atoms with E-state index in [-0.39, 0.29) is 18.1 Å². The summed E-state index contributed by atoms with van der Waals surface area (Å²) >= 11 is 6.18. The molecule has 0 bridgehead atoms. The molecule has 120 valence electrons. The van der Waals surface area contributed by atoms with E-state index in [0.717, 1.165) is 5.56 Å². The van der Waals surface area contributed by atoms with Crippen LogP contribution in [-0.2, 0) is 16.4 Å². The molecule has 0 aliphatic rings. The Hall–Kier alpha value is -0.980. The van der Waals surface area contributed by atoms with E-state index in [1.54, 1.807) is 6.07 Å². The second-order valence-corrected chi connectivity index (χ2v) is 7.35. The molecule has 0 aliphatic heterocycles. The van der Waals surface area contributed by atoms with Gasteiger partial charge in [0.2, 0.25) is 0 Å². The van der Waals surface area contributed by atoms with Gasteiger partial charge in [-0.15, -0.1) is 0 Å². The van der Waals surface area contributed by atoms with E-state index in [4.69, 9.17) is 21.1 Å². The van der Waals surface area contributed by atoms with E-state index in [1.807, 2.05) is 20.0 Å². The highest BCUT2D eigenvalue weighted by atomic mass is 35.5. The van der Waals surface area contributed by atoms with Crippen molar-refractivity contribution in [3.05, 3.63) is 22.7 Å². The molecule has 0 heterocycles. The molecule has 0 unspecified atom stereocenters. The third kappa shape index (κ3) is 5.73. The second-order valence-electron chi connectivity index (χ2n) is 4.64. The highest BCUT2D eigenvalue weighted by Gasteiger charge is 2.14. The van der Waals surface area contributed by atoms with Gasteiger partial charge in [0.15, 0.2) is 21.3 Å². The number of rotatable bonds is 9. The number of halogens is 1. The van der Waals surface area contributed by atoms with Crippen molar-refractivity contribution in [3.8, 4) is 11.5 Å². The minimum absolute atomic E-state index is 0.0292. The fourth-order valence-corrected chi connectivity index (χ4v) is 3.35. The van der Waals surface area contributed by atoms with Crippen LogP contribution < -0.4 is 14.8 Å². The Morgan fingerprint density at radius 3 is 2.57 bits per heavy atom. The number of sulfone groups is 1. The molecule has 1 rings (SSSR count). The van der Waals surface area contributed by atoms with Crippen molar-refractivity contribution in [2.45, 2.75) is 19.9 Å². The average molecular weight is 336 g/mol. The fraction of sp³-hybridized carbons (Fsp3) is 0.571. The molecule has 7 heteroatoms. The number of methoxy groups -OCH3 is 1. The molecule has 1 aromatic rings. The molecule has 0 spiro atoms. The molecule has 5 nitrogen and oxygen atoms in total. The second kappa shape index (κ2) is 8.46. The maximum Gasteiger partial charge on any atom is 0.179 e. The van der Waals surface area contributed by atoms with E-state index < -0.39 is 9.84 Å². The number of ether oxygens (including phenoxy) is 2. The van der Waals surface area contributed by atoms with Crippen molar-refractivity contribution in [3.63, 3.8) is 0 Å². The van der Waals surface area contributed by atoms with Gasteiger partial charge in [-0.3, -0.25) is 0 Å². The van der Waals surface area contributed by atoms with Crippen LogP contribution in [0.4, 0.5) is 0 Å². The quantitative estimate of drug-likeness (QED) is 0.750. The predicted octanol–water partition coefficient (Wildman–Crippen LogP) is 2.27. The van der Waals surface area contributed by atoms with Crippen molar-refractivity contribution in [1.29, 1.82) is 0 Å². The molecule has 21 heavy (non-hydrogen) atoms. The van der Waals surface area contributed by atoms with Crippen LogP contribution in [0.1, 0.15) is 18.9 Å². The third-order valence-electron chi connectivity index (χ3n) is 2.83. The lowest BCUT2D eigenvalue weighted by atomic mass is 10.2. The molecule has 0 atom stereocenters. The van der Waals surface area contributed by atoms with E-state index in [2.05, 4.69) is 5.32 Å². The molecule has 0 saturated carbocycles. The summed E-state index contributed by atoms with van der Waals surface area (Å²) in [5.74, 6) is 1.02. The van der Waals surface area contributed by atoms with Gasteiger partial charge in [-0.05, 0) is 31.2 Å². The smallest absolute Gasteiger partial charge is 0.179 e. The summed E-state index contributed by atoms with van der Waals surface area (Å²) in [6.07, 6.45) is 0.602. The predicted molar refractivity (Wildman–Crippen MR) is 85.2 cm³/mol. The molecule has 1 aromatic carbocycles. The first-order chi connectivity index (χ1) is 9.93. The largest absolute Gasteiger partial charge is 0.493 e. The van der Waals surface area contributed by atoms with Gasteiger partial charge in [-0.25, -0.2) is 8.42 Å².